The van der Waals surface area contributed by atoms with E-state index >= 15 is 0 Å². The summed E-state index contributed by atoms with van der Waals surface area (Å²) < 4.78 is 0. The largest absolute Gasteiger partial charge is 0.508 e. The Morgan fingerprint density at radius 3 is 2.38 bits per heavy atom. The van der Waals surface area contributed by atoms with Gasteiger partial charge in [-0.1, -0.05) is 18.6 Å². The first kappa shape index (κ1) is 17.0. The Morgan fingerprint density at radius 2 is 1.81 bits per heavy atom. The molecule has 0 aliphatic heterocycles. The van der Waals surface area contributed by atoms with E-state index in [9.17, 15) is 14.7 Å². The Balaban J connectivity index is 2.48. The molecule has 0 unspecified atom stereocenters. The summed E-state index contributed by atoms with van der Waals surface area (Å²) in [6.45, 7) is 0.597. The van der Waals surface area contributed by atoms with Gasteiger partial charge >= 0.3 is 5.97 Å². The summed E-state index contributed by atoms with van der Waals surface area (Å²) in [6.07, 6.45) is 2.92. The highest BCUT2D eigenvalue weighted by Gasteiger charge is 2.20. The van der Waals surface area contributed by atoms with Crippen LogP contribution in [0.25, 0.3) is 0 Å². The molecule has 0 aliphatic rings. The van der Waals surface area contributed by atoms with Crippen LogP contribution < -0.4 is 11.1 Å². The molecule has 0 spiro atoms. The smallest absolute Gasteiger partial charge is 0.326 e. The van der Waals surface area contributed by atoms with Crippen LogP contribution in [0.2, 0.25) is 0 Å². The second-order valence-electron chi connectivity index (χ2n) is 4.93. The average Bonchev–Trinajstić information content (AvgIpc) is 2.45. The Hall–Kier alpha value is -2.08. The highest BCUT2D eigenvalue weighted by Crippen LogP contribution is 2.11. The van der Waals surface area contributed by atoms with Gasteiger partial charge < -0.3 is 21.3 Å². The van der Waals surface area contributed by atoms with Crippen LogP contribution in [0.1, 0.15) is 31.2 Å². The van der Waals surface area contributed by atoms with E-state index in [-0.39, 0.29) is 18.1 Å². The highest BCUT2D eigenvalue weighted by atomic mass is 16.4. The minimum absolute atomic E-state index is 0.120. The fourth-order valence-electron chi connectivity index (χ4n) is 1.94. The highest BCUT2D eigenvalue weighted by molar-refractivity contribution is 5.83. The third-order valence-corrected chi connectivity index (χ3v) is 3.12. The number of unbranched alkanes of at least 4 members (excludes halogenated alkanes) is 2. The number of carbonyl (C=O) groups excluding carboxylic acids is 1. The summed E-state index contributed by atoms with van der Waals surface area (Å²) in [6, 6.07) is 5.29. The van der Waals surface area contributed by atoms with Gasteiger partial charge in [0.2, 0.25) is 5.91 Å². The summed E-state index contributed by atoms with van der Waals surface area (Å²) in [5, 5.41) is 20.9. The Labute approximate surface area is 124 Å². The molecule has 6 nitrogen and oxygen atoms in total. The molecule has 0 bridgehead atoms. The van der Waals surface area contributed by atoms with Crippen molar-refractivity contribution < 1.29 is 19.8 Å². The number of benzene rings is 1. The molecule has 0 saturated carbocycles. The Bertz CT molecular complexity index is 459. The molecule has 5 N–H and O–H groups in total. The van der Waals surface area contributed by atoms with Gasteiger partial charge in [0.1, 0.15) is 11.8 Å². The van der Waals surface area contributed by atoms with Crippen molar-refractivity contribution in [2.24, 2.45) is 5.73 Å². The maximum atomic E-state index is 11.7. The molecule has 1 atom stereocenters. The molecule has 21 heavy (non-hydrogen) atoms. The summed E-state index contributed by atoms with van der Waals surface area (Å²) in [4.78, 5) is 22.9. The number of carboxylic acid groups (broad SMARTS) is 1. The van der Waals surface area contributed by atoms with Gasteiger partial charge in [0.25, 0.3) is 0 Å². The molecule has 1 aromatic rings. The van der Waals surface area contributed by atoms with Gasteiger partial charge in [0, 0.05) is 12.8 Å². The standard InChI is InChI=1S/C15H22N2O4/c16-9-3-1-2-4-14(19)17-13(15(20)21)10-11-5-7-12(18)8-6-11/h5-8,13,18H,1-4,9-10,16H2,(H,17,19)(H,20,21)/t13-/m1/s1. The van der Waals surface area contributed by atoms with Gasteiger partial charge in [-0.3, -0.25) is 4.79 Å². The van der Waals surface area contributed by atoms with E-state index in [1.807, 2.05) is 0 Å². The minimum atomic E-state index is -1.07. The molecule has 0 aromatic heterocycles. The number of aliphatic carboxylic acids is 1. The number of carboxylic acids is 1. The number of phenols is 1. The number of hydrogen-bond donors (Lipinski definition) is 4. The van der Waals surface area contributed by atoms with E-state index in [0.717, 1.165) is 18.4 Å². The van der Waals surface area contributed by atoms with Crippen LogP contribution in [0.5, 0.6) is 5.75 Å². The van der Waals surface area contributed by atoms with Crippen molar-refractivity contribution in [1.82, 2.24) is 5.32 Å². The van der Waals surface area contributed by atoms with Gasteiger partial charge in [-0.05, 0) is 37.1 Å². The van der Waals surface area contributed by atoms with Crippen molar-refractivity contribution in [1.29, 1.82) is 0 Å². The van der Waals surface area contributed by atoms with E-state index in [0.29, 0.717) is 19.4 Å². The second kappa shape index (κ2) is 8.97. The van der Waals surface area contributed by atoms with Crippen molar-refractivity contribution >= 4 is 11.9 Å². The molecular weight excluding hydrogens is 272 g/mol. The van der Waals surface area contributed by atoms with Gasteiger partial charge in [-0.2, -0.15) is 0 Å². The average molecular weight is 294 g/mol. The molecule has 0 radical (unpaired) electrons. The molecule has 0 fully saturated rings. The topological polar surface area (TPSA) is 113 Å². The number of amides is 1. The number of phenolic OH excluding ortho intramolecular Hbond substituents is 1. The van der Waals surface area contributed by atoms with Gasteiger partial charge in [-0.25, -0.2) is 4.79 Å². The normalized spacial score (nSPS) is 11.9. The molecule has 0 saturated heterocycles. The van der Waals surface area contributed by atoms with Gasteiger partial charge in [0.05, 0.1) is 0 Å². The van der Waals surface area contributed by atoms with Crippen LogP contribution in [0.3, 0.4) is 0 Å². The first-order chi connectivity index (χ1) is 10.0. The van der Waals surface area contributed by atoms with E-state index in [1.165, 1.54) is 12.1 Å². The lowest BCUT2D eigenvalue weighted by atomic mass is 10.1. The lowest BCUT2D eigenvalue weighted by Crippen LogP contribution is -2.42. The third kappa shape index (κ3) is 6.76. The molecule has 6 heteroatoms. The molecule has 0 aliphatic carbocycles. The Kier molecular flexibility index (Phi) is 7.25. The zero-order valence-corrected chi connectivity index (χ0v) is 11.9. The number of carbonyl (C=O) groups is 2. The van der Waals surface area contributed by atoms with Crippen LogP contribution in [-0.2, 0) is 16.0 Å². The molecule has 1 rings (SSSR count). The van der Waals surface area contributed by atoms with Crippen molar-refractivity contribution in [2.45, 2.75) is 38.1 Å². The first-order valence-corrected chi connectivity index (χ1v) is 7.03. The zero-order valence-electron chi connectivity index (χ0n) is 11.9. The summed E-state index contributed by atoms with van der Waals surface area (Å²) in [5.74, 6) is -1.22. The lowest BCUT2D eigenvalue weighted by molar-refractivity contribution is -0.141. The fourth-order valence-corrected chi connectivity index (χ4v) is 1.94. The van der Waals surface area contributed by atoms with Crippen molar-refractivity contribution in [2.75, 3.05) is 6.54 Å². The lowest BCUT2D eigenvalue weighted by Gasteiger charge is -2.14. The summed E-state index contributed by atoms with van der Waals surface area (Å²) >= 11 is 0. The van der Waals surface area contributed by atoms with Crippen molar-refractivity contribution in [3.63, 3.8) is 0 Å². The van der Waals surface area contributed by atoms with Crippen LogP contribution in [-0.4, -0.2) is 34.7 Å². The molecule has 0 heterocycles. The van der Waals surface area contributed by atoms with E-state index in [1.54, 1.807) is 12.1 Å². The van der Waals surface area contributed by atoms with E-state index in [2.05, 4.69) is 5.32 Å². The number of nitrogens with two attached hydrogens (primary N) is 1. The van der Waals surface area contributed by atoms with Crippen LogP contribution in [0.4, 0.5) is 0 Å². The van der Waals surface area contributed by atoms with Crippen LogP contribution >= 0.6 is 0 Å². The zero-order chi connectivity index (χ0) is 15.7. The number of nitrogens with one attached hydrogen (secondary N) is 1. The Morgan fingerprint density at radius 1 is 1.14 bits per heavy atom. The molecule has 1 aromatic carbocycles. The van der Waals surface area contributed by atoms with Crippen LogP contribution in [0, 0.1) is 0 Å². The molecule has 1 amide bonds. The van der Waals surface area contributed by atoms with Gasteiger partial charge in [0.15, 0.2) is 0 Å². The maximum Gasteiger partial charge on any atom is 0.326 e. The second-order valence-corrected chi connectivity index (χ2v) is 4.93. The quantitative estimate of drug-likeness (QED) is 0.508. The SMILES string of the molecule is NCCCCCC(=O)N[C@H](Cc1ccc(O)cc1)C(=O)O. The van der Waals surface area contributed by atoms with E-state index in [4.69, 9.17) is 10.8 Å². The monoisotopic (exact) mass is 294 g/mol. The van der Waals surface area contributed by atoms with Crippen molar-refractivity contribution in [3.8, 4) is 5.75 Å². The minimum Gasteiger partial charge on any atom is -0.508 e. The number of hydrogen-bond acceptors (Lipinski definition) is 4. The first-order valence-electron chi connectivity index (χ1n) is 7.03. The summed E-state index contributed by atoms with van der Waals surface area (Å²) in [5.41, 5.74) is 6.11. The van der Waals surface area contributed by atoms with Crippen molar-refractivity contribution in [3.05, 3.63) is 29.8 Å². The number of rotatable bonds is 9. The molecular formula is C15H22N2O4. The summed E-state index contributed by atoms with van der Waals surface area (Å²) in [7, 11) is 0. The number of aromatic hydroxyl groups is 1. The molecule has 116 valence electrons. The predicted molar refractivity (Wildman–Crippen MR) is 78.9 cm³/mol. The van der Waals surface area contributed by atoms with Crippen LogP contribution in [0.15, 0.2) is 24.3 Å². The maximum absolute atomic E-state index is 11.7. The fraction of sp³-hybridized carbons (Fsp3) is 0.467. The third-order valence-electron chi connectivity index (χ3n) is 3.12. The predicted octanol–water partition coefficient (Wildman–Crippen LogP) is 1.02. The van der Waals surface area contributed by atoms with E-state index < -0.39 is 12.0 Å². The van der Waals surface area contributed by atoms with Gasteiger partial charge in [-0.15, -0.1) is 0 Å².